The fourth-order valence-corrected chi connectivity index (χ4v) is 2.94. The minimum absolute atomic E-state index is 0.0940. The molecule has 2 unspecified atom stereocenters. The number of benzene rings is 1. The van der Waals surface area contributed by atoms with E-state index in [1.54, 1.807) is 6.07 Å². The van der Waals surface area contributed by atoms with E-state index in [1.165, 1.54) is 6.07 Å². The molecule has 2 atom stereocenters. The summed E-state index contributed by atoms with van der Waals surface area (Å²) in [6, 6.07) is 4.36. The Morgan fingerprint density at radius 1 is 1.24 bits per heavy atom. The first-order chi connectivity index (χ1) is 9.70. The molecule has 1 aromatic rings. The van der Waals surface area contributed by atoms with E-state index >= 15 is 0 Å². The Labute approximate surface area is 126 Å². The lowest BCUT2D eigenvalue weighted by molar-refractivity contribution is 0.220. The Hall–Kier alpha value is -1.16. The Balaban J connectivity index is 2.34. The Morgan fingerprint density at radius 2 is 1.90 bits per heavy atom. The molecule has 0 spiro atoms. The van der Waals surface area contributed by atoms with E-state index in [0.29, 0.717) is 11.6 Å². The molecule has 1 aromatic carbocycles. The predicted molar refractivity (Wildman–Crippen MR) is 83.6 cm³/mol. The zero-order chi connectivity index (χ0) is 15.8. The first-order valence-corrected chi connectivity index (χ1v) is 7.65. The van der Waals surface area contributed by atoms with E-state index in [0.717, 1.165) is 19.2 Å². The summed E-state index contributed by atoms with van der Waals surface area (Å²) in [5.41, 5.74) is 0.599. The predicted octanol–water partition coefficient (Wildman–Crippen LogP) is 3.81. The molecule has 21 heavy (non-hydrogen) atoms. The zero-order valence-electron chi connectivity index (χ0n) is 13.6. The molecular weight excluding hydrogens is 270 g/mol. The average molecular weight is 296 g/mol. The van der Waals surface area contributed by atoms with Crippen molar-refractivity contribution in [1.29, 1.82) is 0 Å². The molecule has 1 N–H and O–H groups in total. The van der Waals surface area contributed by atoms with Gasteiger partial charge in [0.1, 0.15) is 11.6 Å². The quantitative estimate of drug-likeness (QED) is 0.892. The lowest BCUT2D eigenvalue weighted by Crippen LogP contribution is -2.62. The molecule has 4 heteroatoms. The van der Waals surface area contributed by atoms with Gasteiger partial charge in [-0.15, -0.1) is 0 Å². The van der Waals surface area contributed by atoms with E-state index < -0.39 is 11.6 Å². The molecule has 1 fully saturated rings. The lowest BCUT2D eigenvalue weighted by atomic mass is 9.83. The summed E-state index contributed by atoms with van der Waals surface area (Å²) < 4.78 is 27.4. The highest BCUT2D eigenvalue weighted by Crippen LogP contribution is 2.31. The molecule has 0 radical (unpaired) electrons. The van der Waals surface area contributed by atoms with Crippen LogP contribution in [0.4, 0.5) is 14.5 Å². The molecule has 1 heterocycles. The molecule has 2 nitrogen and oxygen atoms in total. The van der Waals surface area contributed by atoms with E-state index in [1.807, 2.05) is 0 Å². The fourth-order valence-electron chi connectivity index (χ4n) is 2.94. The summed E-state index contributed by atoms with van der Waals surface area (Å²) in [6.07, 6.45) is 0. The van der Waals surface area contributed by atoms with E-state index in [9.17, 15) is 8.78 Å². The van der Waals surface area contributed by atoms with E-state index in [-0.39, 0.29) is 17.5 Å². The Kier molecular flexibility index (Phi) is 4.57. The van der Waals surface area contributed by atoms with Crippen LogP contribution in [0.3, 0.4) is 0 Å². The van der Waals surface area contributed by atoms with Crippen LogP contribution in [-0.2, 0) is 0 Å². The molecule has 0 aliphatic carbocycles. The average Bonchev–Trinajstić information content (AvgIpc) is 2.37. The number of anilines is 1. The van der Waals surface area contributed by atoms with Gasteiger partial charge in [-0.05, 0) is 23.5 Å². The molecule has 0 aromatic heterocycles. The first kappa shape index (κ1) is 16.2. The van der Waals surface area contributed by atoms with Crippen LogP contribution in [0, 0.1) is 23.0 Å². The SMILES string of the molecule is CC(C)C1CNC(C(C)(C)C)CN1c1ccc(F)cc1F. The van der Waals surface area contributed by atoms with Gasteiger partial charge in [-0.1, -0.05) is 34.6 Å². The molecule has 2 rings (SSSR count). The number of hydrogen-bond donors (Lipinski definition) is 1. The molecule has 0 saturated carbocycles. The summed E-state index contributed by atoms with van der Waals surface area (Å²) in [7, 11) is 0. The number of halogens is 2. The van der Waals surface area contributed by atoms with Gasteiger partial charge in [0.25, 0.3) is 0 Å². The second-order valence-corrected chi connectivity index (χ2v) is 7.39. The second kappa shape index (κ2) is 5.91. The van der Waals surface area contributed by atoms with Crippen molar-refractivity contribution in [1.82, 2.24) is 5.32 Å². The first-order valence-electron chi connectivity index (χ1n) is 7.65. The van der Waals surface area contributed by atoms with Crippen molar-refractivity contribution in [2.24, 2.45) is 11.3 Å². The van der Waals surface area contributed by atoms with Gasteiger partial charge in [-0.25, -0.2) is 8.78 Å². The highest BCUT2D eigenvalue weighted by molar-refractivity contribution is 5.50. The number of nitrogens with one attached hydrogen (secondary N) is 1. The van der Waals surface area contributed by atoms with Crippen LogP contribution in [0.1, 0.15) is 34.6 Å². The monoisotopic (exact) mass is 296 g/mol. The van der Waals surface area contributed by atoms with Crippen LogP contribution in [0.25, 0.3) is 0 Å². The number of hydrogen-bond acceptors (Lipinski definition) is 2. The fraction of sp³-hybridized carbons (Fsp3) is 0.647. The van der Waals surface area contributed by atoms with Crippen LogP contribution >= 0.6 is 0 Å². The topological polar surface area (TPSA) is 15.3 Å². The molecular formula is C17H26F2N2. The van der Waals surface area contributed by atoms with Crippen LogP contribution in [-0.4, -0.2) is 25.2 Å². The standard InChI is InChI=1S/C17H26F2N2/c1-11(2)15-9-20-16(17(3,4)5)10-21(15)14-7-6-12(18)8-13(14)19/h6-8,11,15-16,20H,9-10H2,1-5H3. The third-order valence-corrected chi connectivity index (χ3v) is 4.39. The molecule has 1 aliphatic heterocycles. The van der Waals surface area contributed by atoms with Crippen molar-refractivity contribution in [2.45, 2.75) is 46.7 Å². The van der Waals surface area contributed by atoms with Crippen molar-refractivity contribution in [3.05, 3.63) is 29.8 Å². The van der Waals surface area contributed by atoms with Crippen LogP contribution < -0.4 is 10.2 Å². The van der Waals surface area contributed by atoms with Gasteiger partial charge in [0.15, 0.2) is 0 Å². The maximum atomic E-state index is 14.2. The van der Waals surface area contributed by atoms with Crippen molar-refractivity contribution >= 4 is 5.69 Å². The second-order valence-electron chi connectivity index (χ2n) is 7.39. The summed E-state index contributed by atoms with van der Waals surface area (Å²) in [6.45, 7) is 12.4. The highest BCUT2D eigenvalue weighted by Gasteiger charge is 2.36. The Bertz CT molecular complexity index is 494. The normalized spacial score (nSPS) is 23.7. The van der Waals surface area contributed by atoms with Crippen LogP contribution in [0.5, 0.6) is 0 Å². The molecule has 1 aliphatic rings. The number of nitrogens with zero attached hydrogens (tertiary/aromatic N) is 1. The molecule has 0 amide bonds. The maximum Gasteiger partial charge on any atom is 0.149 e. The van der Waals surface area contributed by atoms with Gasteiger partial charge in [-0.2, -0.15) is 0 Å². The molecule has 118 valence electrons. The van der Waals surface area contributed by atoms with Gasteiger partial charge in [-0.3, -0.25) is 0 Å². The molecule has 1 saturated heterocycles. The summed E-state index contributed by atoms with van der Waals surface area (Å²) >= 11 is 0. The van der Waals surface area contributed by atoms with E-state index in [2.05, 4.69) is 44.8 Å². The smallest absolute Gasteiger partial charge is 0.149 e. The number of piperazine rings is 1. The summed E-state index contributed by atoms with van der Waals surface area (Å²) in [5.74, 6) is -0.613. The van der Waals surface area contributed by atoms with Crippen LogP contribution in [0.15, 0.2) is 18.2 Å². The van der Waals surface area contributed by atoms with Gasteiger partial charge >= 0.3 is 0 Å². The largest absolute Gasteiger partial charge is 0.363 e. The van der Waals surface area contributed by atoms with Crippen molar-refractivity contribution < 1.29 is 8.78 Å². The van der Waals surface area contributed by atoms with Gasteiger partial charge in [0, 0.05) is 31.2 Å². The third kappa shape index (κ3) is 3.54. The van der Waals surface area contributed by atoms with Crippen molar-refractivity contribution in [3.63, 3.8) is 0 Å². The minimum Gasteiger partial charge on any atom is -0.363 e. The zero-order valence-corrected chi connectivity index (χ0v) is 13.6. The maximum absolute atomic E-state index is 14.2. The lowest BCUT2D eigenvalue weighted by Gasteiger charge is -2.47. The van der Waals surface area contributed by atoms with Gasteiger partial charge in [0.05, 0.1) is 5.69 Å². The summed E-state index contributed by atoms with van der Waals surface area (Å²) in [5, 5.41) is 3.58. The van der Waals surface area contributed by atoms with Gasteiger partial charge in [0.2, 0.25) is 0 Å². The minimum atomic E-state index is -0.528. The highest BCUT2D eigenvalue weighted by atomic mass is 19.1. The third-order valence-electron chi connectivity index (χ3n) is 4.39. The van der Waals surface area contributed by atoms with Crippen LogP contribution in [0.2, 0.25) is 0 Å². The Morgan fingerprint density at radius 3 is 2.43 bits per heavy atom. The van der Waals surface area contributed by atoms with Gasteiger partial charge < -0.3 is 10.2 Å². The van der Waals surface area contributed by atoms with E-state index in [4.69, 9.17) is 0 Å². The van der Waals surface area contributed by atoms with Crippen molar-refractivity contribution in [2.75, 3.05) is 18.0 Å². The number of rotatable bonds is 2. The van der Waals surface area contributed by atoms with Crippen molar-refractivity contribution in [3.8, 4) is 0 Å². The summed E-state index contributed by atoms with van der Waals surface area (Å²) in [4.78, 5) is 2.10. The molecule has 0 bridgehead atoms.